The molecule has 1 saturated heterocycles. The van der Waals surface area contributed by atoms with Gasteiger partial charge in [0.1, 0.15) is 11.9 Å². The third-order valence-electron chi connectivity index (χ3n) is 5.58. The van der Waals surface area contributed by atoms with E-state index in [1.807, 2.05) is 28.8 Å². The summed E-state index contributed by atoms with van der Waals surface area (Å²) in [5.41, 5.74) is 1.93. The summed E-state index contributed by atoms with van der Waals surface area (Å²) in [5.74, 6) is -0.426. The first-order chi connectivity index (χ1) is 14.6. The van der Waals surface area contributed by atoms with E-state index in [1.54, 1.807) is 11.0 Å². The van der Waals surface area contributed by atoms with Crippen LogP contribution in [0.2, 0.25) is 0 Å². The van der Waals surface area contributed by atoms with Crippen molar-refractivity contribution in [2.45, 2.75) is 31.4 Å². The summed E-state index contributed by atoms with van der Waals surface area (Å²) in [5, 5.41) is 2.68. The minimum atomic E-state index is -0.706. The standard InChI is InChI=1S/C22H21FN4O3/c23-14-5-3-6-15(11-14)24-20(28)12-19-21(29)26(13-16-7-4-10-30-16)22-25-17-8-1-2-9-18(17)27(19)22/h1-3,5-6,8-9,11,16,19H,4,7,10,12-13H2,(H,24,28)/t16-,19+/m0/s1. The molecule has 1 fully saturated rings. The molecule has 5 rings (SSSR count). The van der Waals surface area contributed by atoms with E-state index in [9.17, 15) is 14.0 Å². The summed E-state index contributed by atoms with van der Waals surface area (Å²) < 4.78 is 21.0. The molecule has 154 valence electrons. The first-order valence-electron chi connectivity index (χ1n) is 10.1. The number of aromatic nitrogens is 2. The van der Waals surface area contributed by atoms with Crippen LogP contribution in [0.4, 0.5) is 16.0 Å². The molecule has 0 aliphatic carbocycles. The SMILES string of the molecule is O=C(C[C@@H]1C(=O)N(C[C@@H]2CCCO2)c2nc3ccccc3n21)Nc1cccc(F)c1. The minimum Gasteiger partial charge on any atom is -0.376 e. The lowest BCUT2D eigenvalue weighted by molar-refractivity contribution is -0.124. The molecule has 3 aromatic rings. The second-order valence-electron chi connectivity index (χ2n) is 7.63. The van der Waals surface area contributed by atoms with Gasteiger partial charge in [-0.3, -0.25) is 19.1 Å². The van der Waals surface area contributed by atoms with Crippen LogP contribution in [0.3, 0.4) is 0 Å². The van der Waals surface area contributed by atoms with Crippen LogP contribution < -0.4 is 10.2 Å². The van der Waals surface area contributed by atoms with Gasteiger partial charge in [-0.05, 0) is 43.2 Å². The largest absolute Gasteiger partial charge is 0.376 e. The quantitative estimate of drug-likeness (QED) is 0.703. The van der Waals surface area contributed by atoms with E-state index < -0.39 is 11.9 Å². The van der Waals surface area contributed by atoms with Gasteiger partial charge in [0.25, 0.3) is 5.91 Å². The van der Waals surface area contributed by atoms with Crippen molar-refractivity contribution in [3.05, 3.63) is 54.3 Å². The molecule has 2 atom stereocenters. The second-order valence-corrected chi connectivity index (χ2v) is 7.63. The number of hydrogen-bond donors (Lipinski definition) is 1. The number of anilines is 2. The van der Waals surface area contributed by atoms with Crippen LogP contribution in [0.1, 0.15) is 25.3 Å². The fourth-order valence-corrected chi connectivity index (χ4v) is 4.21. The Hall–Kier alpha value is -3.26. The van der Waals surface area contributed by atoms with Gasteiger partial charge in [-0.15, -0.1) is 0 Å². The molecule has 1 N–H and O–H groups in total. The van der Waals surface area contributed by atoms with Crippen LogP contribution in [0.5, 0.6) is 0 Å². The Morgan fingerprint density at radius 3 is 2.90 bits per heavy atom. The molecule has 1 aromatic heterocycles. The summed E-state index contributed by atoms with van der Waals surface area (Å²) >= 11 is 0. The molecular formula is C22H21FN4O3. The summed E-state index contributed by atoms with van der Waals surface area (Å²) in [6.45, 7) is 1.12. The van der Waals surface area contributed by atoms with Crippen LogP contribution >= 0.6 is 0 Å². The molecule has 3 heterocycles. The highest BCUT2D eigenvalue weighted by Gasteiger charge is 2.42. The number of rotatable bonds is 5. The molecule has 2 aliphatic heterocycles. The number of hydrogen-bond acceptors (Lipinski definition) is 4. The fraction of sp³-hybridized carbons (Fsp3) is 0.318. The zero-order chi connectivity index (χ0) is 20.7. The maximum absolute atomic E-state index is 13.4. The molecule has 2 amide bonds. The number of benzene rings is 2. The number of imidazole rings is 1. The smallest absolute Gasteiger partial charge is 0.253 e. The Bertz CT molecular complexity index is 1120. The molecule has 30 heavy (non-hydrogen) atoms. The van der Waals surface area contributed by atoms with E-state index in [-0.39, 0.29) is 24.3 Å². The van der Waals surface area contributed by atoms with E-state index in [0.29, 0.717) is 24.8 Å². The molecule has 8 heteroatoms. The first kappa shape index (κ1) is 18.7. The van der Waals surface area contributed by atoms with Gasteiger partial charge in [-0.25, -0.2) is 9.37 Å². The summed E-state index contributed by atoms with van der Waals surface area (Å²) in [4.78, 5) is 32.2. The molecule has 7 nitrogen and oxygen atoms in total. The van der Waals surface area contributed by atoms with Gasteiger partial charge in [-0.2, -0.15) is 0 Å². The molecule has 0 saturated carbocycles. The number of amides is 2. The highest BCUT2D eigenvalue weighted by molar-refractivity contribution is 6.05. The lowest BCUT2D eigenvalue weighted by Gasteiger charge is -2.19. The average Bonchev–Trinajstić information content (AvgIpc) is 3.42. The average molecular weight is 408 g/mol. The third kappa shape index (κ3) is 3.33. The van der Waals surface area contributed by atoms with Crippen molar-refractivity contribution in [1.29, 1.82) is 0 Å². The van der Waals surface area contributed by atoms with Crippen LogP contribution in [0, 0.1) is 5.82 Å². The normalized spacial score (nSPS) is 20.7. The zero-order valence-corrected chi connectivity index (χ0v) is 16.3. The van der Waals surface area contributed by atoms with E-state index in [2.05, 4.69) is 10.3 Å². The molecule has 0 unspecified atom stereocenters. The van der Waals surface area contributed by atoms with Crippen LogP contribution in [0.15, 0.2) is 48.5 Å². The Balaban J connectivity index is 1.44. The predicted octanol–water partition coefficient (Wildman–Crippen LogP) is 3.27. The number of nitrogens with zero attached hydrogens (tertiary/aromatic N) is 3. The minimum absolute atomic E-state index is 0.0258. The van der Waals surface area contributed by atoms with E-state index in [4.69, 9.17) is 4.74 Å². The van der Waals surface area contributed by atoms with Gasteiger partial charge in [0.05, 0.1) is 30.1 Å². The van der Waals surface area contributed by atoms with Gasteiger partial charge >= 0.3 is 0 Å². The van der Waals surface area contributed by atoms with Crippen molar-refractivity contribution >= 4 is 34.5 Å². The van der Waals surface area contributed by atoms with Crippen molar-refractivity contribution in [3.8, 4) is 0 Å². The molecule has 2 aliphatic rings. The topological polar surface area (TPSA) is 76.5 Å². The fourth-order valence-electron chi connectivity index (χ4n) is 4.21. The van der Waals surface area contributed by atoms with Crippen molar-refractivity contribution < 1.29 is 18.7 Å². The maximum Gasteiger partial charge on any atom is 0.253 e. The van der Waals surface area contributed by atoms with Gasteiger partial charge < -0.3 is 10.1 Å². The number of nitrogens with one attached hydrogen (secondary N) is 1. The number of ether oxygens (including phenoxy) is 1. The van der Waals surface area contributed by atoms with Gasteiger partial charge in [-0.1, -0.05) is 18.2 Å². The lowest BCUT2D eigenvalue weighted by Crippen LogP contribution is -2.37. The Morgan fingerprint density at radius 1 is 1.23 bits per heavy atom. The Labute approximate surface area is 172 Å². The summed E-state index contributed by atoms with van der Waals surface area (Å²) in [6, 6.07) is 12.5. The van der Waals surface area contributed by atoms with Gasteiger partial charge in [0.2, 0.25) is 11.9 Å². The molecule has 2 aromatic carbocycles. The number of para-hydroxylation sites is 2. The van der Waals surface area contributed by atoms with Crippen molar-refractivity contribution in [2.24, 2.45) is 0 Å². The second kappa shape index (κ2) is 7.53. The van der Waals surface area contributed by atoms with Crippen LogP contribution in [0.25, 0.3) is 11.0 Å². The maximum atomic E-state index is 13.4. The molecule has 0 radical (unpaired) electrons. The highest BCUT2D eigenvalue weighted by Crippen LogP contribution is 2.37. The van der Waals surface area contributed by atoms with Crippen molar-refractivity contribution in [3.63, 3.8) is 0 Å². The number of carbonyl (C=O) groups is 2. The lowest BCUT2D eigenvalue weighted by atomic mass is 10.1. The Kier molecular flexibility index (Phi) is 4.71. The summed E-state index contributed by atoms with van der Waals surface area (Å²) in [7, 11) is 0. The number of halogens is 1. The highest BCUT2D eigenvalue weighted by atomic mass is 19.1. The van der Waals surface area contributed by atoms with Gasteiger partial charge in [0, 0.05) is 12.3 Å². The monoisotopic (exact) mass is 408 g/mol. The van der Waals surface area contributed by atoms with Crippen LogP contribution in [-0.2, 0) is 14.3 Å². The summed E-state index contributed by atoms with van der Waals surface area (Å²) in [6.07, 6.45) is 1.78. The van der Waals surface area contributed by atoms with E-state index >= 15 is 0 Å². The van der Waals surface area contributed by atoms with Crippen LogP contribution in [-0.4, -0.2) is 40.6 Å². The molecule has 0 spiro atoms. The van der Waals surface area contributed by atoms with Gasteiger partial charge in [0.15, 0.2) is 0 Å². The third-order valence-corrected chi connectivity index (χ3v) is 5.58. The molecular weight excluding hydrogens is 387 g/mol. The first-order valence-corrected chi connectivity index (χ1v) is 10.1. The Morgan fingerprint density at radius 2 is 2.10 bits per heavy atom. The van der Waals surface area contributed by atoms with E-state index in [0.717, 1.165) is 23.9 Å². The number of fused-ring (bicyclic) bond motifs is 3. The van der Waals surface area contributed by atoms with Crippen molar-refractivity contribution in [2.75, 3.05) is 23.4 Å². The zero-order valence-electron chi connectivity index (χ0n) is 16.3. The van der Waals surface area contributed by atoms with E-state index in [1.165, 1.54) is 18.2 Å². The molecule has 0 bridgehead atoms. The number of carbonyl (C=O) groups excluding carboxylic acids is 2. The van der Waals surface area contributed by atoms with Crippen molar-refractivity contribution in [1.82, 2.24) is 9.55 Å². The predicted molar refractivity (Wildman–Crippen MR) is 110 cm³/mol.